The summed E-state index contributed by atoms with van der Waals surface area (Å²) < 4.78 is 0. The highest BCUT2D eigenvalue weighted by Crippen LogP contribution is 2.36. The van der Waals surface area contributed by atoms with Crippen molar-refractivity contribution in [1.29, 1.82) is 0 Å². The molecule has 2 aromatic rings. The second kappa shape index (κ2) is 5.44. The lowest BCUT2D eigenvalue weighted by Gasteiger charge is -2.24. The number of nitrogens with zero attached hydrogens (tertiary/aromatic N) is 4. The van der Waals surface area contributed by atoms with Crippen molar-refractivity contribution in [2.75, 3.05) is 6.54 Å². The molecular weight excluding hydrogens is 278 g/mol. The van der Waals surface area contributed by atoms with E-state index >= 15 is 0 Å². The van der Waals surface area contributed by atoms with Crippen LogP contribution in [-0.4, -0.2) is 31.9 Å². The minimum atomic E-state index is -0.795. The fourth-order valence-corrected chi connectivity index (χ4v) is 2.83. The molecule has 3 rings (SSSR count). The molecule has 0 saturated carbocycles. The number of hydrogen-bond acceptors (Lipinski definition) is 5. The third-order valence-electron chi connectivity index (χ3n) is 4.08. The van der Waals surface area contributed by atoms with Crippen molar-refractivity contribution in [2.24, 2.45) is 0 Å². The molecule has 0 bridgehead atoms. The zero-order chi connectivity index (χ0) is 15.8. The van der Waals surface area contributed by atoms with E-state index in [4.69, 9.17) is 0 Å². The van der Waals surface area contributed by atoms with Gasteiger partial charge in [-0.05, 0) is 50.0 Å². The lowest BCUT2D eigenvalue weighted by molar-refractivity contribution is 0.0383. The first kappa shape index (κ1) is 15.1. The molecule has 6 heteroatoms. The van der Waals surface area contributed by atoms with Crippen molar-refractivity contribution in [3.63, 3.8) is 0 Å². The maximum Gasteiger partial charge on any atom is 0.188 e. The quantitative estimate of drug-likeness (QED) is 0.891. The first-order valence-electron chi connectivity index (χ1n) is 7.69. The van der Waals surface area contributed by atoms with E-state index in [0.717, 1.165) is 18.4 Å². The van der Waals surface area contributed by atoms with Crippen molar-refractivity contribution in [1.82, 2.24) is 25.5 Å². The summed E-state index contributed by atoms with van der Waals surface area (Å²) in [6, 6.07) is 8.10. The van der Waals surface area contributed by atoms with Gasteiger partial charge in [-0.3, -0.25) is 0 Å². The van der Waals surface area contributed by atoms with Crippen LogP contribution < -0.4 is 5.32 Å². The van der Waals surface area contributed by atoms with Gasteiger partial charge in [0.25, 0.3) is 0 Å². The molecular formula is C16H23N5O. The monoisotopic (exact) mass is 301 g/mol. The minimum Gasteiger partial charge on any atom is -0.384 e. The highest BCUT2D eigenvalue weighted by atomic mass is 16.3. The van der Waals surface area contributed by atoms with Crippen LogP contribution >= 0.6 is 0 Å². The first-order chi connectivity index (χ1) is 10.4. The molecule has 6 nitrogen and oxygen atoms in total. The first-order valence-corrected chi connectivity index (χ1v) is 7.69. The van der Waals surface area contributed by atoms with E-state index < -0.39 is 5.60 Å². The molecule has 0 fully saturated rings. The molecule has 1 aromatic heterocycles. The summed E-state index contributed by atoms with van der Waals surface area (Å²) in [5.74, 6) is 0.643. The molecule has 0 radical (unpaired) electrons. The molecule has 1 unspecified atom stereocenters. The van der Waals surface area contributed by atoms with Gasteiger partial charge in [0.15, 0.2) is 5.82 Å². The average Bonchev–Trinajstić information content (AvgIpc) is 3.06. The van der Waals surface area contributed by atoms with Crippen molar-refractivity contribution in [3.05, 3.63) is 41.2 Å². The molecule has 2 N–H and O–H groups in total. The van der Waals surface area contributed by atoms with Crippen molar-refractivity contribution in [2.45, 2.75) is 51.3 Å². The summed E-state index contributed by atoms with van der Waals surface area (Å²) in [7, 11) is 0. The number of rotatable bonds is 4. The van der Waals surface area contributed by atoms with Crippen LogP contribution in [0.1, 0.15) is 44.1 Å². The molecule has 1 heterocycles. The van der Waals surface area contributed by atoms with Crippen LogP contribution in [0.5, 0.6) is 0 Å². The van der Waals surface area contributed by atoms with Crippen molar-refractivity contribution in [3.8, 4) is 0 Å². The second-order valence-electron chi connectivity index (χ2n) is 6.96. The molecule has 1 aliphatic carbocycles. The van der Waals surface area contributed by atoms with Gasteiger partial charge >= 0.3 is 0 Å². The molecule has 0 aliphatic heterocycles. The third kappa shape index (κ3) is 2.89. The van der Waals surface area contributed by atoms with Crippen LogP contribution in [0.3, 0.4) is 0 Å². The number of nitrogens with one attached hydrogen (secondary N) is 1. The molecule has 1 aromatic carbocycles. The van der Waals surface area contributed by atoms with E-state index in [2.05, 4.69) is 26.8 Å². The number of fused-ring (bicyclic) bond motifs is 1. The molecule has 1 atom stereocenters. The maximum absolute atomic E-state index is 10.8. The van der Waals surface area contributed by atoms with Gasteiger partial charge in [0.05, 0.1) is 12.1 Å². The summed E-state index contributed by atoms with van der Waals surface area (Å²) in [5, 5.41) is 26.6. The highest BCUT2D eigenvalue weighted by molar-refractivity contribution is 5.37. The van der Waals surface area contributed by atoms with Crippen LogP contribution in [0.25, 0.3) is 0 Å². The lowest BCUT2D eigenvalue weighted by Crippen LogP contribution is -2.36. The predicted molar refractivity (Wildman–Crippen MR) is 83.2 cm³/mol. The van der Waals surface area contributed by atoms with Gasteiger partial charge in [-0.25, -0.2) is 0 Å². The Labute approximate surface area is 130 Å². The van der Waals surface area contributed by atoms with Gasteiger partial charge in [0.1, 0.15) is 5.60 Å². The number of aliphatic hydroxyl groups is 1. The van der Waals surface area contributed by atoms with Crippen LogP contribution in [0.4, 0.5) is 0 Å². The standard InChI is InChI=1S/C16H23N5O/c1-15(2,3)21-19-14(18-20-21)10-17-11-16(22)9-8-12-6-4-5-7-13(12)16/h4-7,17,22H,8-11H2,1-3H3. The number of aryl methyl sites for hydroxylation is 1. The average molecular weight is 301 g/mol. The fraction of sp³-hybridized carbons (Fsp3) is 0.562. The van der Waals surface area contributed by atoms with Crippen molar-refractivity contribution >= 4 is 0 Å². The van der Waals surface area contributed by atoms with Gasteiger partial charge in [-0.2, -0.15) is 4.80 Å². The smallest absolute Gasteiger partial charge is 0.188 e. The number of hydrogen-bond donors (Lipinski definition) is 2. The predicted octanol–water partition coefficient (Wildman–Crippen LogP) is 1.35. The number of tetrazole rings is 1. The summed E-state index contributed by atoms with van der Waals surface area (Å²) in [6.07, 6.45) is 1.67. The van der Waals surface area contributed by atoms with E-state index in [1.54, 1.807) is 4.80 Å². The highest BCUT2D eigenvalue weighted by Gasteiger charge is 2.35. The zero-order valence-electron chi connectivity index (χ0n) is 13.4. The van der Waals surface area contributed by atoms with Gasteiger partial charge in [0, 0.05) is 6.54 Å². The van der Waals surface area contributed by atoms with E-state index in [9.17, 15) is 5.11 Å². The Balaban J connectivity index is 1.61. The topological polar surface area (TPSA) is 75.9 Å². The lowest BCUT2D eigenvalue weighted by atomic mass is 9.96. The summed E-state index contributed by atoms with van der Waals surface area (Å²) in [6.45, 7) is 7.09. The Hall–Kier alpha value is -1.79. The zero-order valence-corrected chi connectivity index (χ0v) is 13.4. The van der Waals surface area contributed by atoms with E-state index in [-0.39, 0.29) is 5.54 Å². The van der Waals surface area contributed by atoms with Crippen LogP contribution in [-0.2, 0) is 24.1 Å². The molecule has 0 spiro atoms. The van der Waals surface area contributed by atoms with Crippen molar-refractivity contribution < 1.29 is 5.11 Å². The number of benzene rings is 1. The van der Waals surface area contributed by atoms with Gasteiger partial charge in [-0.1, -0.05) is 24.3 Å². The van der Waals surface area contributed by atoms with E-state index in [1.807, 2.05) is 39.0 Å². The summed E-state index contributed by atoms with van der Waals surface area (Å²) in [4.78, 5) is 1.61. The third-order valence-corrected chi connectivity index (χ3v) is 4.08. The number of aromatic nitrogens is 4. The minimum absolute atomic E-state index is 0.173. The summed E-state index contributed by atoms with van der Waals surface area (Å²) >= 11 is 0. The Morgan fingerprint density at radius 1 is 1.32 bits per heavy atom. The molecule has 22 heavy (non-hydrogen) atoms. The maximum atomic E-state index is 10.8. The Bertz CT molecular complexity index is 661. The second-order valence-corrected chi connectivity index (χ2v) is 6.96. The molecule has 118 valence electrons. The van der Waals surface area contributed by atoms with Crippen LogP contribution in [0.2, 0.25) is 0 Å². The molecule has 1 aliphatic rings. The Morgan fingerprint density at radius 3 is 2.82 bits per heavy atom. The van der Waals surface area contributed by atoms with Gasteiger partial charge in [0.2, 0.25) is 0 Å². The fourth-order valence-electron chi connectivity index (χ4n) is 2.83. The Morgan fingerprint density at radius 2 is 2.09 bits per heavy atom. The largest absolute Gasteiger partial charge is 0.384 e. The summed E-state index contributed by atoms with van der Waals surface area (Å²) in [5.41, 5.74) is 1.31. The van der Waals surface area contributed by atoms with Gasteiger partial charge in [-0.15, -0.1) is 10.2 Å². The van der Waals surface area contributed by atoms with Crippen LogP contribution in [0, 0.1) is 0 Å². The molecule has 0 saturated heterocycles. The van der Waals surface area contributed by atoms with E-state index in [1.165, 1.54) is 5.56 Å². The SMILES string of the molecule is CC(C)(C)n1nnc(CNCC2(O)CCc3ccccc32)n1. The Kier molecular flexibility index (Phi) is 3.74. The van der Waals surface area contributed by atoms with Crippen LogP contribution in [0.15, 0.2) is 24.3 Å². The van der Waals surface area contributed by atoms with E-state index in [0.29, 0.717) is 18.9 Å². The normalized spacial score (nSPS) is 21.1. The molecule has 0 amide bonds. The van der Waals surface area contributed by atoms with Gasteiger partial charge < -0.3 is 10.4 Å².